The maximum atomic E-state index is 14.2. The lowest BCUT2D eigenvalue weighted by molar-refractivity contribution is -0.120. The first-order chi connectivity index (χ1) is 21.9. The molecule has 2 aromatic heterocycles. The second kappa shape index (κ2) is 15.5. The van der Waals surface area contributed by atoms with Gasteiger partial charge in [-0.2, -0.15) is 5.10 Å². The van der Waals surface area contributed by atoms with Crippen LogP contribution in [0.3, 0.4) is 0 Å². The van der Waals surface area contributed by atoms with Gasteiger partial charge in [0.25, 0.3) is 0 Å². The van der Waals surface area contributed by atoms with Gasteiger partial charge in [0.05, 0.1) is 5.69 Å². The van der Waals surface area contributed by atoms with Crippen LogP contribution in [0, 0.1) is 19.8 Å². The van der Waals surface area contributed by atoms with E-state index in [1.54, 1.807) is 4.57 Å². The Morgan fingerprint density at radius 1 is 0.979 bits per heavy atom. The van der Waals surface area contributed by atoms with Gasteiger partial charge in [-0.25, -0.2) is 13.5 Å². The average molecular weight is 754 g/mol. The van der Waals surface area contributed by atoms with Gasteiger partial charge < -0.3 is 14.8 Å². The summed E-state index contributed by atoms with van der Waals surface area (Å²) in [4.78, 5) is 14.0. The summed E-state index contributed by atoms with van der Waals surface area (Å²) in [6, 6.07) is 9.74. The van der Waals surface area contributed by atoms with E-state index in [9.17, 15) is 13.6 Å². The molecule has 260 valence electrons. The van der Waals surface area contributed by atoms with Crippen LogP contribution in [0.5, 0.6) is 0 Å². The van der Waals surface area contributed by atoms with Crippen molar-refractivity contribution in [3.05, 3.63) is 46.2 Å². The van der Waals surface area contributed by atoms with Crippen LogP contribution in [-0.4, -0.2) is 65.7 Å². The fourth-order valence-corrected chi connectivity index (χ4v) is 7.70. The Bertz CT molecular complexity index is 1490. The molecule has 0 bridgehead atoms. The fourth-order valence-electron chi connectivity index (χ4n) is 5.83. The topological polar surface area (TPSA) is 96.1 Å². The molecule has 0 spiro atoms. The Labute approximate surface area is 288 Å². The maximum absolute atomic E-state index is 14.2. The summed E-state index contributed by atoms with van der Waals surface area (Å²) in [7, 11) is -2.47. The molecule has 1 aliphatic carbocycles. The highest BCUT2D eigenvalue weighted by Gasteiger charge is 2.42. The smallest absolute Gasteiger partial charge is 0.248 e. The van der Waals surface area contributed by atoms with Crippen molar-refractivity contribution in [3.8, 4) is 11.1 Å². The SMILES string of the molecule is Cc1nn(COCC[Si](C)(C)C)c(C)c1-c1ccc(NC(=O)C(c2nnc(Br)n2COCC[Si](C)(C)C)C2CCC(F)(F)CC2)cc1. The summed E-state index contributed by atoms with van der Waals surface area (Å²) >= 11 is 3.46. The molecular weight excluding hydrogens is 702 g/mol. The molecular formula is C33H51BrF2N6O3Si2. The van der Waals surface area contributed by atoms with E-state index >= 15 is 0 Å². The second-order valence-corrected chi connectivity index (χ2v) is 27.2. The van der Waals surface area contributed by atoms with Crippen LogP contribution >= 0.6 is 15.9 Å². The van der Waals surface area contributed by atoms with Gasteiger partial charge in [0.15, 0.2) is 0 Å². The number of aromatic nitrogens is 5. The first-order valence-corrected chi connectivity index (χ1v) is 24.7. The van der Waals surface area contributed by atoms with Gasteiger partial charge in [-0.1, -0.05) is 51.4 Å². The number of hydrogen-bond acceptors (Lipinski definition) is 6. The Balaban J connectivity index is 1.50. The van der Waals surface area contributed by atoms with Crippen LogP contribution in [0.2, 0.25) is 51.4 Å². The Kier molecular flexibility index (Phi) is 12.4. The number of amides is 1. The molecule has 47 heavy (non-hydrogen) atoms. The van der Waals surface area contributed by atoms with Crippen molar-refractivity contribution in [3.63, 3.8) is 0 Å². The number of benzene rings is 1. The number of halogens is 3. The standard InChI is InChI=1S/C33H51BrF2N6O3Si2/c1-23-28(24(2)42(40-23)22-45-18-20-47(6,7)8)25-9-11-27(12-10-25)37-31(43)29(26-13-15-33(35,36)16-14-26)30-38-39-32(34)41(30)21-44-17-19-46(3,4)5/h9-12,26,29H,13-22H2,1-8H3,(H,37,43). The van der Waals surface area contributed by atoms with Crippen molar-refractivity contribution < 1.29 is 23.0 Å². The van der Waals surface area contributed by atoms with Crippen LogP contribution in [0.15, 0.2) is 29.0 Å². The molecule has 14 heteroatoms. The first-order valence-electron chi connectivity index (χ1n) is 16.5. The summed E-state index contributed by atoms with van der Waals surface area (Å²) in [6.45, 7) is 19.7. The number of ether oxygens (including phenoxy) is 2. The Hall–Kier alpha value is -2.27. The molecule has 0 saturated heterocycles. The number of nitrogens with one attached hydrogen (secondary N) is 1. The third-order valence-electron chi connectivity index (χ3n) is 8.78. The zero-order valence-corrected chi connectivity index (χ0v) is 32.7. The van der Waals surface area contributed by atoms with Gasteiger partial charge in [-0.05, 0) is 78.3 Å². The number of carbonyl (C=O) groups is 1. The van der Waals surface area contributed by atoms with Crippen LogP contribution in [0.1, 0.15) is 48.8 Å². The van der Waals surface area contributed by atoms with Gasteiger partial charge in [0.2, 0.25) is 16.6 Å². The van der Waals surface area contributed by atoms with E-state index in [2.05, 4.69) is 70.7 Å². The second-order valence-electron chi connectivity index (χ2n) is 15.2. The van der Waals surface area contributed by atoms with Crippen LogP contribution in [0.25, 0.3) is 11.1 Å². The fraction of sp³-hybridized carbons (Fsp3) is 0.636. The van der Waals surface area contributed by atoms with E-state index in [-0.39, 0.29) is 44.2 Å². The van der Waals surface area contributed by atoms with Crippen LogP contribution in [-0.2, 0) is 27.7 Å². The molecule has 1 aliphatic rings. The van der Waals surface area contributed by atoms with Crippen molar-refractivity contribution in [2.45, 2.75) is 116 Å². The number of nitrogens with zero attached hydrogens (tertiary/aromatic N) is 5. The van der Waals surface area contributed by atoms with Crippen molar-refractivity contribution >= 4 is 43.7 Å². The molecule has 1 fully saturated rings. The predicted molar refractivity (Wildman–Crippen MR) is 191 cm³/mol. The number of rotatable bonds is 15. The molecule has 2 heterocycles. The molecule has 1 aromatic carbocycles. The van der Waals surface area contributed by atoms with E-state index in [0.29, 0.717) is 29.6 Å². The highest BCUT2D eigenvalue weighted by molar-refractivity contribution is 9.10. The third kappa shape index (κ3) is 10.6. The van der Waals surface area contributed by atoms with Crippen molar-refractivity contribution in [1.82, 2.24) is 24.5 Å². The minimum Gasteiger partial charge on any atom is -0.361 e. The number of aryl methyl sites for hydroxylation is 1. The molecule has 4 rings (SSSR count). The average Bonchev–Trinajstić information content (AvgIpc) is 3.47. The first kappa shape index (κ1) is 37.6. The zero-order chi connectivity index (χ0) is 34.6. The molecule has 1 saturated carbocycles. The third-order valence-corrected chi connectivity index (χ3v) is 12.8. The number of alkyl halides is 2. The number of anilines is 1. The van der Waals surface area contributed by atoms with Crippen LogP contribution in [0.4, 0.5) is 14.5 Å². The molecule has 1 atom stereocenters. The summed E-state index contributed by atoms with van der Waals surface area (Å²) in [6.07, 6.45) is -0.0768. The predicted octanol–water partition coefficient (Wildman–Crippen LogP) is 8.69. The van der Waals surface area contributed by atoms with Crippen LogP contribution < -0.4 is 5.32 Å². The van der Waals surface area contributed by atoms with Gasteiger partial charge >= 0.3 is 0 Å². The van der Waals surface area contributed by atoms with Gasteiger partial charge in [0, 0.05) is 59.1 Å². The summed E-state index contributed by atoms with van der Waals surface area (Å²) in [5, 5.41) is 16.3. The molecule has 9 nitrogen and oxygen atoms in total. The van der Waals surface area contributed by atoms with E-state index in [1.165, 1.54) is 0 Å². The normalized spacial score (nSPS) is 16.4. The minimum atomic E-state index is -2.72. The summed E-state index contributed by atoms with van der Waals surface area (Å²) < 4.78 is 44.3. The highest BCUT2D eigenvalue weighted by Crippen LogP contribution is 2.43. The molecule has 0 aliphatic heterocycles. The van der Waals surface area contributed by atoms with Gasteiger partial charge in [0.1, 0.15) is 25.2 Å². The molecule has 1 N–H and O–H groups in total. The monoisotopic (exact) mass is 752 g/mol. The molecule has 1 amide bonds. The lowest BCUT2D eigenvalue weighted by Crippen LogP contribution is -2.35. The van der Waals surface area contributed by atoms with Gasteiger partial charge in [-0.3, -0.25) is 9.36 Å². The van der Waals surface area contributed by atoms with Crippen molar-refractivity contribution in [2.24, 2.45) is 5.92 Å². The van der Waals surface area contributed by atoms with E-state index in [4.69, 9.17) is 14.6 Å². The lowest BCUT2D eigenvalue weighted by atomic mass is 9.77. The number of hydrogen-bond donors (Lipinski definition) is 1. The number of carbonyl (C=O) groups excluding carboxylic acids is 1. The Morgan fingerprint density at radius 2 is 1.55 bits per heavy atom. The molecule has 3 aromatic rings. The van der Waals surface area contributed by atoms with Crippen molar-refractivity contribution in [2.75, 3.05) is 18.5 Å². The molecule has 1 unspecified atom stereocenters. The zero-order valence-electron chi connectivity index (χ0n) is 29.1. The minimum absolute atomic E-state index is 0.171. The van der Waals surface area contributed by atoms with E-state index in [1.807, 2.05) is 42.8 Å². The van der Waals surface area contributed by atoms with Crippen molar-refractivity contribution in [1.29, 1.82) is 0 Å². The quantitative estimate of drug-likeness (QED) is 0.123. The van der Waals surface area contributed by atoms with Gasteiger partial charge in [-0.15, -0.1) is 10.2 Å². The summed E-state index contributed by atoms with van der Waals surface area (Å²) in [5.41, 5.74) is 4.54. The largest absolute Gasteiger partial charge is 0.361 e. The lowest BCUT2D eigenvalue weighted by Gasteiger charge is -2.32. The Morgan fingerprint density at radius 3 is 2.13 bits per heavy atom. The summed E-state index contributed by atoms with van der Waals surface area (Å²) in [5.74, 6) is -3.68. The molecule has 0 radical (unpaired) electrons. The van der Waals surface area contributed by atoms with E-state index < -0.39 is 28.0 Å². The highest BCUT2D eigenvalue weighted by atomic mass is 79.9. The maximum Gasteiger partial charge on any atom is 0.248 e. The van der Waals surface area contributed by atoms with E-state index in [0.717, 1.165) is 41.2 Å².